The van der Waals surface area contributed by atoms with Gasteiger partial charge in [-0.1, -0.05) is 58.2 Å². The predicted molar refractivity (Wildman–Crippen MR) is 105 cm³/mol. The smallest absolute Gasteiger partial charge is 0.0421 e. The molecule has 0 aliphatic heterocycles. The summed E-state index contributed by atoms with van der Waals surface area (Å²) in [5, 5.41) is 7.34. The van der Waals surface area contributed by atoms with Crippen LogP contribution >= 0.6 is 0 Å². The average Bonchev–Trinajstić information content (AvgIpc) is 2.58. The van der Waals surface area contributed by atoms with Gasteiger partial charge >= 0.3 is 0 Å². The molecular weight excluding hydrogens is 292 g/mol. The van der Waals surface area contributed by atoms with E-state index in [2.05, 4.69) is 79.9 Å². The highest BCUT2D eigenvalue weighted by atomic mass is 15.0. The predicted octanol–water partition coefficient (Wildman–Crippen LogP) is 6.59. The summed E-state index contributed by atoms with van der Waals surface area (Å²) in [6.45, 7) is 7.12. The molecule has 24 heavy (non-hydrogen) atoms. The Morgan fingerprint density at radius 3 is 1.83 bits per heavy atom. The molecule has 3 rings (SSSR count). The van der Waals surface area contributed by atoms with Crippen molar-refractivity contribution >= 4 is 17.1 Å². The molecule has 1 saturated carbocycles. The van der Waals surface area contributed by atoms with Crippen LogP contribution in [0.25, 0.3) is 0 Å². The fourth-order valence-electron chi connectivity index (χ4n) is 3.82. The van der Waals surface area contributed by atoms with Crippen LogP contribution in [0.15, 0.2) is 54.6 Å². The number of hydrogen-bond donors (Lipinski definition) is 2. The first-order valence-electron chi connectivity index (χ1n) is 9.19. The first-order chi connectivity index (χ1) is 11.5. The molecule has 1 aliphatic rings. The number of anilines is 3. The van der Waals surface area contributed by atoms with E-state index in [-0.39, 0.29) is 11.0 Å². The van der Waals surface area contributed by atoms with E-state index in [4.69, 9.17) is 0 Å². The molecular formula is C22H30N2. The van der Waals surface area contributed by atoms with Gasteiger partial charge in [-0.3, -0.25) is 0 Å². The van der Waals surface area contributed by atoms with Gasteiger partial charge in [-0.2, -0.15) is 0 Å². The fourth-order valence-corrected chi connectivity index (χ4v) is 3.82. The van der Waals surface area contributed by atoms with E-state index in [1.807, 2.05) is 6.07 Å². The maximum atomic E-state index is 3.90. The zero-order valence-corrected chi connectivity index (χ0v) is 15.2. The lowest BCUT2D eigenvalue weighted by Crippen LogP contribution is -2.51. The van der Waals surface area contributed by atoms with Gasteiger partial charge in [0.05, 0.1) is 0 Å². The van der Waals surface area contributed by atoms with E-state index in [0.717, 1.165) is 11.4 Å². The van der Waals surface area contributed by atoms with Crippen molar-refractivity contribution < 1.29 is 0 Å². The van der Waals surface area contributed by atoms with Crippen LogP contribution in [0.2, 0.25) is 0 Å². The van der Waals surface area contributed by atoms with Gasteiger partial charge in [0.25, 0.3) is 0 Å². The summed E-state index contributed by atoms with van der Waals surface area (Å²) in [5.74, 6) is 0. The largest absolute Gasteiger partial charge is 0.379 e. The first kappa shape index (κ1) is 16.9. The molecule has 128 valence electrons. The second-order valence-electron chi connectivity index (χ2n) is 8.09. The molecule has 2 N–H and O–H groups in total. The Morgan fingerprint density at radius 1 is 0.708 bits per heavy atom. The molecule has 2 aromatic rings. The van der Waals surface area contributed by atoms with Gasteiger partial charge in [0.1, 0.15) is 0 Å². The summed E-state index contributed by atoms with van der Waals surface area (Å²) in [6, 6.07) is 19.0. The molecule has 0 atom stereocenters. The maximum Gasteiger partial charge on any atom is 0.0421 e. The minimum absolute atomic E-state index is 0.208. The molecule has 0 unspecified atom stereocenters. The lowest BCUT2D eigenvalue weighted by Gasteiger charge is -2.49. The fraction of sp³-hybridized carbons (Fsp3) is 0.455. The zero-order valence-electron chi connectivity index (χ0n) is 15.2. The molecule has 0 aromatic heterocycles. The van der Waals surface area contributed by atoms with Crippen molar-refractivity contribution in [1.82, 2.24) is 0 Å². The second-order valence-corrected chi connectivity index (χ2v) is 8.09. The van der Waals surface area contributed by atoms with Crippen LogP contribution in [0.4, 0.5) is 17.1 Å². The Hall–Kier alpha value is -1.96. The summed E-state index contributed by atoms with van der Waals surface area (Å²) in [4.78, 5) is 0. The van der Waals surface area contributed by atoms with Crippen molar-refractivity contribution in [2.45, 2.75) is 58.4 Å². The number of rotatable bonds is 4. The van der Waals surface area contributed by atoms with Crippen molar-refractivity contribution in [3.8, 4) is 0 Å². The van der Waals surface area contributed by atoms with Gasteiger partial charge in [-0.25, -0.2) is 0 Å². The van der Waals surface area contributed by atoms with E-state index >= 15 is 0 Å². The molecule has 2 heteroatoms. The van der Waals surface area contributed by atoms with E-state index in [0.29, 0.717) is 0 Å². The summed E-state index contributed by atoms with van der Waals surface area (Å²) in [6.07, 6.45) is 6.57. The van der Waals surface area contributed by atoms with Crippen LogP contribution in [-0.4, -0.2) is 5.54 Å². The minimum atomic E-state index is 0.208. The molecule has 0 saturated heterocycles. The quantitative estimate of drug-likeness (QED) is 0.663. The van der Waals surface area contributed by atoms with E-state index in [1.54, 1.807) is 0 Å². The summed E-state index contributed by atoms with van der Waals surface area (Å²) >= 11 is 0. The van der Waals surface area contributed by atoms with E-state index in [1.165, 1.54) is 37.8 Å². The zero-order chi connectivity index (χ0) is 17.0. The van der Waals surface area contributed by atoms with Crippen molar-refractivity contribution in [3.63, 3.8) is 0 Å². The van der Waals surface area contributed by atoms with Crippen LogP contribution in [0, 0.1) is 5.41 Å². The number of hydrogen-bond acceptors (Lipinski definition) is 2. The van der Waals surface area contributed by atoms with Crippen molar-refractivity contribution in [2.75, 3.05) is 10.6 Å². The highest BCUT2D eigenvalue weighted by Gasteiger charge is 2.42. The molecule has 0 amide bonds. The Balaban J connectivity index is 1.73. The van der Waals surface area contributed by atoms with Gasteiger partial charge in [0.15, 0.2) is 0 Å². The normalized spacial score (nSPS) is 17.3. The molecule has 0 heterocycles. The second kappa shape index (κ2) is 6.88. The van der Waals surface area contributed by atoms with Crippen LogP contribution in [-0.2, 0) is 0 Å². The highest BCUT2D eigenvalue weighted by Crippen LogP contribution is 2.44. The Bertz CT molecular complexity index is 632. The van der Waals surface area contributed by atoms with Gasteiger partial charge in [-0.15, -0.1) is 0 Å². The Kier molecular flexibility index (Phi) is 4.84. The topological polar surface area (TPSA) is 24.1 Å². The minimum Gasteiger partial charge on any atom is -0.379 e. The SMILES string of the molecule is CC(C)(C)C1(Nc2ccc(Nc3ccccc3)cc2)CCCCC1. The standard InChI is InChI=1S/C22H30N2/c1-21(2,3)22(16-8-5-9-17-22)24-20-14-12-19(13-15-20)23-18-10-6-4-7-11-18/h4,6-7,10-15,23-24H,5,8-9,16-17H2,1-3H3. The maximum absolute atomic E-state index is 3.90. The number of para-hydroxylation sites is 1. The van der Waals surface area contributed by atoms with Crippen LogP contribution < -0.4 is 10.6 Å². The molecule has 0 radical (unpaired) electrons. The summed E-state index contributed by atoms with van der Waals surface area (Å²) in [7, 11) is 0. The molecule has 1 aliphatic carbocycles. The Labute approximate surface area is 146 Å². The molecule has 0 spiro atoms. The van der Waals surface area contributed by atoms with Gasteiger partial charge in [0.2, 0.25) is 0 Å². The molecule has 2 nitrogen and oxygen atoms in total. The van der Waals surface area contributed by atoms with Gasteiger partial charge in [-0.05, 0) is 54.7 Å². The van der Waals surface area contributed by atoms with Gasteiger partial charge < -0.3 is 10.6 Å². The van der Waals surface area contributed by atoms with E-state index < -0.39 is 0 Å². The van der Waals surface area contributed by atoms with Crippen molar-refractivity contribution in [2.24, 2.45) is 5.41 Å². The number of nitrogens with one attached hydrogen (secondary N) is 2. The lowest BCUT2D eigenvalue weighted by molar-refractivity contribution is 0.155. The Morgan fingerprint density at radius 2 is 1.25 bits per heavy atom. The molecule has 2 aromatic carbocycles. The highest BCUT2D eigenvalue weighted by molar-refractivity contribution is 5.62. The van der Waals surface area contributed by atoms with Crippen molar-refractivity contribution in [1.29, 1.82) is 0 Å². The average molecular weight is 322 g/mol. The van der Waals surface area contributed by atoms with Crippen LogP contribution in [0.5, 0.6) is 0 Å². The van der Waals surface area contributed by atoms with Crippen LogP contribution in [0.3, 0.4) is 0 Å². The molecule has 1 fully saturated rings. The van der Waals surface area contributed by atoms with Crippen LogP contribution in [0.1, 0.15) is 52.9 Å². The molecule has 0 bridgehead atoms. The third kappa shape index (κ3) is 3.75. The number of benzene rings is 2. The third-order valence-electron chi connectivity index (χ3n) is 5.47. The summed E-state index contributed by atoms with van der Waals surface area (Å²) in [5.41, 5.74) is 3.94. The van der Waals surface area contributed by atoms with Crippen molar-refractivity contribution in [3.05, 3.63) is 54.6 Å². The lowest BCUT2D eigenvalue weighted by atomic mass is 9.65. The first-order valence-corrected chi connectivity index (χ1v) is 9.19. The monoisotopic (exact) mass is 322 g/mol. The van der Waals surface area contributed by atoms with E-state index in [9.17, 15) is 0 Å². The van der Waals surface area contributed by atoms with Gasteiger partial charge in [0, 0.05) is 22.6 Å². The summed E-state index contributed by atoms with van der Waals surface area (Å²) < 4.78 is 0. The third-order valence-corrected chi connectivity index (χ3v) is 5.47.